The van der Waals surface area contributed by atoms with Crippen LogP contribution in [0.4, 0.5) is 0 Å². The lowest BCUT2D eigenvalue weighted by Gasteiger charge is -2.31. The van der Waals surface area contributed by atoms with Crippen LogP contribution in [0.3, 0.4) is 0 Å². The van der Waals surface area contributed by atoms with E-state index in [0.717, 1.165) is 39.3 Å². The second-order valence-corrected chi connectivity index (χ2v) is 5.32. The molecule has 0 rings (SSSR count). The van der Waals surface area contributed by atoms with Gasteiger partial charge in [-0.15, -0.1) is 0 Å². The Balaban J connectivity index is 4.07. The molecule has 0 aliphatic heterocycles. The first-order chi connectivity index (χ1) is 9.15. The number of rotatable bonds is 13. The third-order valence-electron chi connectivity index (χ3n) is 3.44. The van der Waals surface area contributed by atoms with E-state index in [2.05, 4.69) is 31.0 Å². The van der Waals surface area contributed by atoms with Gasteiger partial charge in [0.2, 0.25) is 0 Å². The number of ether oxygens (including phenoxy) is 2. The maximum atomic E-state index is 5.21. The number of hydrogen-bond acceptors (Lipinski definition) is 4. The van der Waals surface area contributed by atoms with Crippen LogP contribution in [0.2, 0.25) is 0 Å². The topological polar surface area (TPSA) is 33.7 Å². The maximum absolute atomic E-state index is 5.21. The fourth-order valence-electron chi connectivity index (χ4n) is 2.31. The van der Waals surface area contributed by atoms with Gasteiger partial charge >= 0.3 is 0 Å². The Hall–Kier alpha value is -0.160. The normalized spacial score (nSPS) is 14.8. The van der Waals surface area contributed by atoms with E-state index in [1.165, 1.54) is 12.8 Å². The van der Waals surface area contributed by atoms with Gasteiger partial charge in [0.15, 0.2) is 0 Å². The fourth-order valence-corrected chi connectivity index (χ4v) is 2.31. The van der Waals surface area contributed by atoms with Gasteiger partial charge in [-0.05, 0) is 39.7 Å². The minimum Gasteiger partial charge on any atom is -0.385 e. The average molecular weight is 274 g/mol. The van der Waals surface area contributed by atoms with Gasteiger partial charge in [0, 0.05) is 46.0 Å². The van der Waals surface area contributed by atoms with Crippen LogP contribution in [0.5, 0.6) is 0 Å². The summed E-state index contributed by atoms with van der Waals surface area (Å²) in [6.07, 6.45) is 3.46. The first kappa shape index (κ1) is 18.8. The smallest absolute Gasteiger partial charge is 0.0589 e. The number of hydrogen-bond donors (Lipinski definition) is 1. The molecule has 0 aromatic carbocycles. The number of nitrogens with zero attached hydrogens (tertiary/aromatic N) is 1. The van der Waals surface area contributed by atoms with E-state index in [0.29, 0.717) is 12.1 Å². The van der Waals surface area contributed by atoms with E-state index in [-0.39, 0.29) is 0 Å². The van der Waals surface area contributed by atoms with E-state index in [4.69, 9.17) is 9.47 Å². The van der Waals surface area contributed by atoms with E-state index in [1.807, 2.05) is 0 Å². The quantitative estimate of drug-likeness (QED) is 0.522. The molecular weight excluding hydrogens is 240 g/mol. The van der Waals surface area contributed by atoms with Crippen molar-refractivity contribution in [3.8, 4) is 0 Å². The maximum Gasteiger partial charge on any atom is 0.0589 e. The minimum atomic E-state index is 0.572. The first-order valence-electron chi connectivity index (χ1n) is 7.61. The van der Waals surface area contributed by atoms with Gasteiger partial charge in [0.1, 0.15) is 0 Å². The van der Waals surface area contributed by atoms with Gasteiger partial charge in [-0.1, -0.05) is 6.92 Å². The number of methoxy groups -OCH3 is 2. The molecule has 0 aromatic rings. The zero-order valence-corrected chi connectivity index (χ0v) is 13.6. The van der Waals surface area contributed by atoms with Crippen molar-refractivity contribution in [3.05, 3.63) is 0 Å². The third-order valence-corrected chi connectivity index (χ3v) is 3.44. The summed E-state index contributed by atoms with van der Waals surface area (Å²) in [4.78, 5) is 2.51. The summed E-state index contributed by atoms with van der Waals surface area (Å²) in [6, 6.07) is 1.15. The average Bonchev–Trinajstić information content (AvgIpc) is 2.40. The Morgan fingerprint density at radius 2 is 1.74 bits per heavy atom. The van der Waals surface area contributed by atoms with E-state index in [9.17, 15) is 0 Å². The molecule has 0 fully saturated rings. The van der Waals surface area contributed by atoms with Crippen LogP contribution in [0.15, 0.2) is 0 Å². The number of nitrogens with one attached hydrogen (secondary N) is 1. The molecule has 0 saturated heterocycles. The van der Waals surface area contributed by atoms with Crippen molar-refractivity contribution in [2.75, 3.05) is 47.1 Å². The summed E-state index contributed by atoms with van der Waals surface area (Å²) in [5.41, 5.74) is 0. The molecule has 2 atom stereocenters. The zero-order valence-electron chi connectivity index (χ0n) is 13.6. The Bertz CT molecular complexity index is 191. The highest BCUT2D eigenvalue weighted by molar-refractivity contribution is 4.73. The molecule has 0 aliphatic carbocycles. The highest BCUT2D eigenvalue weighted by Gasteiger charge is 2.15. The zero-order chi connectivity index (χ0) is 14.5. The molecule has 2 unspecified atom stereocenters. The molecule has 0 saturated carbocycles. The van der Waals surface area contributed by atoms with Crippen molar-refractivity contribution in [1.29, 1.82) is 0 Å². The van der Waals surface area contributed by atoms with Crippen LogP contribution in [0.25, 0.3) is 0 Å². The van der Waals surface area contributed by atoms with Crippen molar-refractivity contribution in [1.82, 2.24) is 10.2 Å². The summed E-state index contributed by atoms with van der Waals surface area (Å²) < 4.78 is 10.4. The first-order valence-corrected chi connectivity index (χ1v) is 7.61. The molecule has 0 amide bonds. The second kappa shape index (κ2) is 12.9. The van der Waals surface area contributed by atoms with Crippen molar-refractivity contribution >= 4 is 0 Å². The molecule has 1 N–H and O–H groups in total. The molecule has 0 spiro atoms. The van der Waals surface area contributed by atoms with Crippen LogP contribution in [-0.2, 0) is 9.47 Å². The van der Waals surface area contributed by atoms with Gasteiger partial charge in [-0.25, -0.2) is 0 Å². The summed E-state index contributed by atoms with van der Waals surface area (Å²) in [7, 11) is 3.53. The van der Waals surface area contributed by atoms with Crippen LogP contribution in [0, 0.1) is 0 Å². The Morgan fingerprint density at radius 1 is 1.05 bits per heavy atom. The van der Waals surface area contributed by atoms with E-state index in [1.54, 1.807) is 14.2 Å². The van der Waals surface area contributed by atoms with Gasteiger partial charge in [-0.2, -0.15) is 0 Å². The van der Waals surface area contributed by atoms with Crippen molar-refractivity contribution in [3.63, 3.8) is 0 Å². The molecular formula is C15H34N2O2. The predicted molar refractivity (Wildman–Crippen MR) is 81.8 cm³/mol. The Morgan fingerprint density at radius 3 is 2.32 bits per heavy atom. The molecule has 19 heavy (non-hydrogen) atoms. The lowest BCUT2D eigenvalue weighted by Crippen LogP contribution is -2.41. The Kier molecular flexibility index (Phi) is 12.7. The summed E-state index contributed by atoms with van der Waals surface area (Å²) in [5, 5.41) is 3.56. The van der Waals surface area contributed by atoms with Gasteiger partial charge in [0.05, 0.1) is 6.61 Å². The van der Waals surface area contributed by atoms with Crippen LogP contribution in [-0.4, -0.2) is 64.1 Å². The monoisotopic (exact) mass is 274 g/mol. The molecule has 0 aliphatic rings. The van der Waals surface area contributed by atoms with Crippen LogP contribution < -0.4 is 5.32 Å². The van der Waals surface area contributed by atoms with Gasteiger partial charge in [-0.3, -0.25) is 4.90 Å². The van der Waals surface area contributed by atoms with E-state index >= 15 is 0 Å². The van der Waals surface area contributed by atoms with Crippen molar-refractivity contribution < 1.29 is 9.47 Å². The predicted octanol–water partition coefficient (Wildman–Crippen LogP) is 2.14. The van der Waals surface area contributed by atoms with Crippen molar-refractivity contribution in [2.24, 2.45) is 0 Å². The lowest BCUT2D eigenvalue weighted by atomic mass is 10.1. The SMILES string of the molecule is CCCNC(C)CC(C)N(CCCOC)CCOC. The lowest BCUT2D eigenvalue weighted by molar-refractivity contribution is 0.105. The standard InChI is InChI=1S/C15H34N2O2/c1-6-8-16-14(2)13-15(3)17(10-12-19-5)9-7-11-18-4/h14-16H,6-13H2,1-5H3. The van der Waals surface area contributed by atoms with Crippen molar-refractivity contribution in [2.45, 2.75) is 52.1 Å². The molecule has 116 valence electrons. The highest BCUT2D eigenvalue weighted by atomic mass is 16.5. The minimum absolute atomic E-state index is 0.572. The third kappa shape index (κ3) is 10.3. The second-order valence-electron chi connectivity index (χ2n) is 5.32. The summed E-state index contributed by atoms with van der Waals surface area (Å²) in [6.45, 7) is 11.6. The van der Waals surface area contributed by atoms with Crippen LogP contribution in [0.1, 0.15) is 40.0 Å². The van der Waals surface area contributed by atoms with Gasteiger partial charge in [0.25, 0.3) is 0 Å². The molecule has 0 aromatic heterocycles. The molecule has 4 heteroatoms. The van der Waals surface area contributed by atoms with Crippen LogP contribution >= 0.6 is 0 Å². The molecule has 0 radical (unpaired) electrons. The molecule has 4 nitrogen and oxygen atoms in total. The largest absolute Gasteiger partial charge is 0.385 e. The summed E-state index contributed by atoms with van der Waals surface area (Å²) >= 11 is 0. The Labute approximate surface area is 119 Å². The van der Waals surface area contributed by atoms with Gasteiger partial charge < -0.3 is 14.8 Å². The fraction of sp³-hybridized carbons (Fsp3) is 1.00. The molecule has 0 heterocycles. The highest BCUT2D eigenvalue weighted by Crippen LogP contribution is 2.08. The summed E-state index contributed by atoms with van der Waals surface area (Å²) in [5.74, 6) is 0. The molecule has 0 bridgehead atoms. The van der Waals surface area contributed by atoms with E-state index < -0.39 is 0 Å².